The standard InChI is InChI=1S/C18H22N2O3S/c1-20(11-14-8-10-24-13-14)18(21)19-15-4-6-16(7-5-15)23-12-17-3-2-9-22-17/h4-8,10,13,17H,2-3,9,11-12H2,1H3,(H,19,21)/t17-/m0/s1. The molecule has 2 amide bonds. The fourth-order valence-corrected chi connectivity index (χ4v) is 3.21. The van der Waals surface area contributed by atoms with Crippen molar-refractivity contribution in [1.82, 2.24) is 4.90 Å². The van der Waals surface area contributed by atoms with Crippen LogP contribution in [0.15, 0.2) is 41.1 Å². The highest BCUT2D eigenvalue weighted by atomic mass is 32.1. The molecule has 1 atom stereocenters. The van der Waals surface area contributed by atoms with Crippen LogP contribution in [-0.4, -0.2) is 37.3 Å². The first-order valence-corrected chi connectivity index (χ1v) is 9.02. The van der Waals surface area contributed by atoms with E-state index in [1.165, 1.54) is 0 Å². The molecule has 0 unspecified atom stereocenters. The Morgan fingerprint density at radius 2 is 2.21 bits per heavy atom. The zero-order chi connectivity index (χ0) is 16.8. The first kappa shape index (κ1) is 16.8. The summed E-state index contributed by atoms with van der Waals surface area (Å²) in [5.74, 6) is 0.787. The van der Waals surface area contributed by atoms with Gasteiger partial charge >= 0.3 is 6.03 Å². The number of thiophene rings is 1. The van der Waals surface area contributed by atoms with E-state index < -0.39 is 0 Å². The molecule has 0 spiro atoms. The maximum atomic E-state index is 12.2. The lowest BCUT2D eigenvalue weighted by Gasteiger charge is -2.17. The number of benzene rings is 1. The van der Waals surface area contributed by atoms with Crippen LogP contribution in [0.1, 0.15) is 18.4 Å². The third-order valence-corrected chi connectivity index (χ3v) is 4.64. The van der Waals surface area contributed by atoms with Gasteiger partial charge in [-0.05, 0) is 59.5 Å². The second-order valence-electron chi connectivity index (χ2n) is 5.89. The molecule has 1 aromatic heterocycles. The summed E-state index contributed by atoms with van der Waals surface area (Å²) in [6.07, 6.45) is 2.37. The maximum absolute atomic E-state index is 12.2. The number of ether oxygens (including phenoxy) is 2. The quantitative estimate of drug-likeness (QED) is 0.861. The molecular formula is C18H22N2O3S. The fourth-order valence-electron chi connectivity index (χ4n) is 2.55. The Morgan fingerprint density at radius 3 is 2.88 bits per heavy atom. The molecule has 24 heavy (non-hydrogen) atoms. The van der Waals surface area contributed by atoms with Crippen LogP contribution >= 0.6 is 11.3 Å². The van der Waals surface area contributed by atoms with E-state index in [0.717, 1.165) is 36.4 Å². The van der Waals surface area contributed by atoms with Gasteiger partial charge in [-0.2, -0.15) is 11.3 Å². The van der Waals surface area contributed by atoms with Gasteiger partial charge in [0.2, 0.25) is 0 Å². The highest BCUT2D eigenvalue weighted by molar-refractivity contribution is 7.07. The van der Waals surface area contributed by atoms with Gasteiger partial charge < -0.3 is 19.7 Å². The van der Waals surface area contributed by atoms with Gasteiger partial charge in [-0.1, -0.05) is 0 Å². The van der Waals surface area contributed by atoms with E-state index in [0.29, 0.717) is 13.2 Å². The van der Waals surface area contributed by atoms with E-state index in [1.54, 1.807) is 23.3 Å². The number of carbonyl (C=O) groups is 1. The van der Waals surface area contributed by atoms with Crippen LogP contribution in [0, 0.1) is 0 Å². The number of urea groups is 1. The van der Waals surface area contributed by atoms with Crippen LogP contribution in [0.3, 0.4) is 0 Å². The highest BCUT2D eigenvalue weighted by Gasteiger charge is 2.16. The number of amides is 2. The Kier molecular flexibility index (Phi) is 5.72. The third-order valence-electron chi connectivity index (χ3n) is 3.91. The Labute approximate surface area is 146 Å². The molecule has 128 valence electrons. The number of nitrogens with zero attached hydrogens (tertiary/aromatic N) is 1. The smallest absolute Gasteiger partial charge is 0.321 e. The Hall–Kier alpha value is -2.05. The number of hydrogen-bond acceptors (Lipinski definition) is 4. The summed E-state index contributed by atoms with van der Waals surface area (Å²) in [5.41, 5.74) is 1.89. The second kappa shape index (κ2) is 8.17. The molecule has 0 radical (unpaired) electrons. The predicted molar refractivity (Wildman–Crippen MR) is 95.7 cm³/mol. The van der Waals surface area contributed by atoms with Crippen molar-refractivity contribution in [3.63, 3.8) is 0 Å². The summed E-state index contributed by atoms with van der Waals surface area (Å²) in [5, 5.41) is 6.94. The molecule has 6 heteroatoms. The van der Waals surface area contributed by atoms with Crippen LogP contribution in [0.5, 0.6) is 5.75 Å². The molecule has 1 aliphatic heterocycles. The summed E-state index contributed by atoms with van der Waals surface area (Å²) >= 11 is 1.63. The average molecular weight is 346 g/mol. The molecule has 0 aliphatic carbocycles. The van der Waals surface area contributed by atoms with Crippen molar-refractivity contribution < 1.29 is 14.3 Å². The molecule has 0 bridgehead atoms. The topological polar surface area (TPSA) is 50.8 Å². The molecular weight excluding hydrogens is 324 g/mol. The van der Waals surface area contributed by atoms with Crippen molar-refractivity contribution in [3.05, 3.63) is 46.7 Å². The van der Waals surface area contributed by atoms with Crippen molar-refractivity contribution in [2.24, 2.45) is 0 Å². The van der Waals surface area contributed by atoms with Gasteiger partial charge in [-0.25, -0.2) is 4.79 Å². The van der Waals surface area contributed by atoms with Crippen LogP contribution in [0.4, 0.5) is 10.5 Å². The zero-order valence-electron chi connectivity index (χ0n) is 13.7. The summed E-state index contributed by atoms with van der Waals surface area (Å²) < 4.78 is 11.3. The number of anilines is 1. The van der Waals surface area contributed by atoms with Crippen LogP contribution < -0.4 is 10.1 Å². The molecule has 1 fully saturated rings. The Morgan fingerprint density at radius 1 is 1.38 bits per heavy atom. The summed E-state index contributed by atoms with van der Waals surface area (Å²) in [7, 11) is 1.78. The lowest BCUT2D eigenvalue weighted by Crippen LogP contribution is -2.30. The van der Waals surface area contributed by atoms with Gasteiger partial charge in [0.1, 0.15) is 12.4 Å². The summed E-state index contributed by atoms with van der Waals surface area (Å²) in [6, 6.07) is 9.32. The van der Waals surface area contributed by atoms with E-state index in [1.807, 2.05) is 41.1 Å². The number of nitrogens with one attached hydrogen (secondary N) is 1. The molecule has 1 saturated heterocycles. The van der Waals surface area contributed by atoms with Crippen LogP contribution in [-0.2, 0) is 11.3 Å². The first-order valence-electron chi connectivity index (χ1n) is 8.08. The maximum Gasteiger partial charge on any atom is 0.321 e. The van der Waals surface area contributed by atoms with E-state index in [2.05, 4.69) is 5.32 Å². The monoisotopic (exact) mass is 346 g/mol. The van der Waals surface area contributed by atoms with E-state index in [4.69, 9.17) is 9.47 Å². The van der Waals surface area contributed by atoms with E-state index in [9.17, 15) is 4.79 Å². The minimum atomic E-state index is -0.130. The van der Waals surface area contributed by atoms with E-state index in [-0.39, 0.29) is 12.1 Å². The SMILES string of the molecule is CN(Cc1ccsc1)C(=O)Nc1ccc(OC[C@@H]2CCCO2)cc1. The van der Waals surface area contributed by atoms with Gasteiger partial charge in [0, 0.05) is 25.9 Å². The molecule has 2 heterocycles. The van der Waals surface area contributed by atoms with Gasteiger partial charge in [0.15, 0.2) is 0 Å². The fraction of sp³-hybridized carbons (Fsp3) is 0.389. The molecule has 2 aromatic rings. The third kappa shape index (κ3) is 4.72. The summed E-state index contributed by atoms with van der Waals surface area (Å²) in [4.78, 5) is 13.9. The lowest BCUT2D eigenvalue weighted by atomic mass is 10.2. The molecule has 1 aliphatic rings. The Balaban J connectivity index is 1.47. The molecule has 3 rings (SSSR count). The average Bonchev–Trinajstić information content (AvgIpc) is 3.27. The van der Waals surface area contributed by atoms with Crippen LogP contribution in [0.25, 0.3) is 0 Å². The normalized spacial score (nSPS) is 16.8. The number of carbonyl (C=O) groups excluding carboxylic acids is 1. The minimum Gasteiger partial charge on any atom is -0.491 e. The predicted octanol–water partition coefficient (Wildman–Crippen LogP) is 3.97. The molecule has 0 saturated carbocycles. The van der Waals surface area contributed by atoms with Crippen molar-refractivity contribution in [3.8, 4) is 5.75 Å². The highest BCUT2D eigenvalue weighted by Crippen LogP contribution is 2.19. The molecule has 1 N–H and O–H groups in total. The van der Waals surface area contributed by atoms with Crippen molar-refractivity contribution in [1.29, 1.82) is 0 Å². The minimum absolute atomic E-state index is 0.130. The first-order chi connectivity index (χ1) is 11.7. The largest absolute Gasteiger partial charge is 0.491 e. The van der Waals surface area contributed by atoms with Gasteiger partial charge in [-0.3, -0.25) is 0 Å². The second-order valence-corrected chi connectivity index (χ2v) is 6.67. The van der Waals surface area contributed by atoms with Gasteiger partial charge in [0.05, 0.1) is 6.10 Å². The Bertz CT molecular complexity index is 637. The number of rotatable bonds is 6. The summed E-state index contributed by atoms with van der Waals surface area (Å²) in [6.45, 7) is 2.00. The number of hydrogen-bond donors (Lipinski definition) is 1. The molecule has 1 aromatic carbocycles. The van der Waals surface area contributed by atoms with Crippen molar-refractivity contribution in [2.75, 3.05) is 25.6 Å². The van der Waals surface area contributed by atoms with Gasteiger partial charge in [-0.15, -0.1) is 0 Å². The van der Waals surface area contributed by atoms with E-state index >= 15 is 0 Å². The van der Waals surface area contributed by atoms with Crippen molar-refractivity contribution in [2.45, 2.75) is 25.5 Å². The zero-order valence-corrected chi connectivity index (χ0v) is 14.6. The van der Waals surface area contributed by atoms with Gasteiger partial charge in [0.25, 0.3) is 0 Å². The lowest BCUT2D eigenvalue weighted by molar-refractivity contribution is 0.0679. The van der Waals surface area contributed by atoms with Crippen LogP contribution in [0.2, 0.25) is 0 Å². The van der Waals surface area contributed by atoms with Crippen molar-refractivity contribution >= 4 is 23.1 Å². The molecule has 5 nitrogen and oxygen atoms in total.